The predicted octanol–water partition coefficient (Wildman–Crippen LogP) is -0.481. The molecule has 1 saturated heterocycles. The van der Waals surface area contributed by atoms with Gasteiger partial charge in [-0.1, -0.05) is 0 Å². The minimum Gasteiger partial charge on any atom is -0.373 e. The highest BCUT2D eigenvalue weighted by atomic mass is 32.2. The lowest BCUT2D eigenvalue weighted by Crippen LogP contribution is -2.50. The smallest absolute Gasteiger partial charge is 0.264 e. The summed E-state index contributed by atoms with van der Waals surface area (Å²) in [5, 5.41) is 18.7. The molecule has 0 saturated carbocycles. The van der Waals surface area contributed by atoms with Crippen LogP contribution in [0, 0.1) is 23.7 Å². The van der Waals surface area contributed by atoms with Gasteiger partial charge in [0.05, 0.1) is 23.0 Å². The molecule has 160 valence electrons. The van der Waals surface area contributed by atoms with Gasteiger partial charge in [0.15, 0.2) is 20.2 Å². The van der Waals surface area contributed by atoms with Gasteiger partial charge in [-0.2, -0.15) is 0 Å². The predicted molar refractivity (Wildman–Crippen MR) is 107 cm³/mol. The number of nitrogens with one attached hydrogen (secondary N) is 1. The van der Waals surface area contributed by atoms with Crippen molar-refractivity contribution in [3.05, 3.63) is 21.4 Å². The van der Waals surface area contributed by atoms with E-state index >= 15 is 0 Å². The number of aliphatic hydroxyl groups is 1. The van der Waals surface area contributed by atoms with E-state index in [9.17, 15) is 23.1 Å². The van der Waals surface area contributed by atoms with Crippen LogP contribution in [0.25, 0.3) is 0 Å². The number of hydroxylamine groups is 1. The first-order valence-corrected chi connectivity index (χ1v) is 11.6. The molecule has 3 heterocycles. The summed E-state index contributed by atoms with van der Waals surface area (Å²) in [6.45, 7) is 1.85. The van der Waals surface area contributed by atoms with Gasteiger partial charge in [0.2, 0.25) is 0 Å². The number of carbonyl (C=O) groups is 2. The summed E-state index contributed by atoms with van der Waals surface area (Å²) in [6.07, 6.45) is 0.753. The fraction of sp³-hybridized carbons (Fsp3) is 0.474. The summed E-state index contributed by atoms with van der Waals surface area (Å²) in [7, 11) is -3.83. The molecular formula is C19H20N2O7S2. The second-order valence-corrected chi connectivity index (χ2v) is 10.9. The van der Waals surface area contributed by atoms with Gasteiger partial charge in [-0.05, 0) is 48.7 Å². The van der Waals surface area contributed by atoms with Crippen LogP contribution < -0.4 is 5.48 Å². The van der Waals surface area contributed by atoms with Gasteiger partial charge >= 0.3 is 0 Å². The zero-order valence-electron chi connectivity index (χ0n) is 16.3. The molecule has 1 aromatic rings. The fourth-order valence-electron chi connectivity index (χ4n) is 2.93. The molecule has 0 radical (unpaired) electrons. The number of hydrogen-bond donors (Lipinski definition) is 3. The zero-order valence-corrected chi connectivity index (χ0v) is 17.9. The van der Waals surface area contributed by atoms with Crippen LogP contribution in [0.3, 0.4) is 0 Å². The second-order valence-electron chi connectivity index (χ2n) is 7.41. The van der Waals surface area contributed by atoms with Crippen molar-refractivity contribution in [3.8, 4) is 23.7 Å². The van der Waals surface area contributed by atoms with E-state index in [1.165, 1.54) is 28.6 Å². The highest BCUT2D eigenvalue weighted by Crippen LogP contribution is 2.32. The van der Waals surface area contributed by atoms with E-state index < -0.39 is 26.1 Å². The largest absolute Gasteiger partial charge is 0.373 e. The Morgan fingerprint density at radius 2 is 2.13 bits per heavy atom. The van der Waals surface area contributed by atoms with E-state index in [0.29, 0.717) is 9.75 Å². The van der Waals surface area contributed by atoms with Gasteiger partial charge in [-0.3, -0.25) is 14.8 Å². The molecule has 11 heteroatoms. The molecule has 3 N–H and O–H groups in total. The molecule has 0 spiro atoms. The lowest BCUT2D eigenvalue weighted by molar-refractivity contribution is -0.140. The van der Waals surface area contributed by atoms with E-state index in [2.05, 4.69) is 23.7 Å². The third-order valence-electron chi connectivity index (χ3n) is 5.14. The minimum atomic E-state index is -3.83. The summed E-state index contributed by atoms with van der Waals surface area (Å²) in [6, 6.07) is 1.77. The maximum Gasteiger partial charge on any atom is 0.264 e. The lowest BCUT2D eigenvalue weighted by atomic mass is 10.0. The van der Waals surface area contributed by atoms with Crippen LogP contribution in [0.2, 0.25) is 0 Å². The van der Waals surface area contributed by atoms with Gasteiger partial charge in [0.25, 0.3) is 11.8 Å². The van der Waals surface area contributed by atoms with Crippen molar-refractivity contribution < 1.29 is 33.1 Å². The molecule has 0 aliphatic carbocycles. The zero-order chi connectivity index (χ0) is 22.2. The number of hydrogen-bond acceptors (Lipinski definition) is 8. The van der Waals surface area contributed by atoms with Crippen LogP contribution in [0.5, 0.6) is 0 Å². The SMILES string of the molecule is C[C@@](CCN1Cc2cc(C#CC#CC3(O)COC3)sc2C1=O)(C(=O)NO)S(C)(=O)=O. The number of thiophene rings is 1. The first kappa shape index (κ1) is 22.3. The van der Waals surface area contributed by atoms with E-state index in [-0.39, 0.29) is 38.6 Å². The van der Waals surface area contributed by atoms with Crippen LogP contribution in [0.4, 0.5) is 0 Å². The Hall–Kier alpha value is -2.41. The first-order valence-electron chi connectivity index (χ1n) is 8.88. The Labute approximate surface area is 177 Å². The summed E-state index contributed by atoms with van der Waals surface area (Å²) < 4.78 is 27.1. The number of carbonyl (C=O) groups excluding carboxylic acids is 2. The van der Waals surface area contributed by atoms with Crippen molar-refractivity contribution in [3.63, 3.8) is 0 Å². The average Bonchev–Trinajstić information content (AvgIpc) is 3.19. The topological polar surface area (TPSA) is 133 Å². The van der Waals surface area contributed by atoms with Crippen molar-refractivity contribution in [2.45, 2.75) is 30.2 Å². The Morgan fingerprint density at radius 1 is 1.43 bits per heavy atom. The van der Waals surface area contributed by atoms with Crippen molar-refractivity contribution in [2.75, 3.05) is 26.0 Å². The van der Waals surface area contributed by atoms with Crippen LogP contribution in [-0.4, -0.2) is 71.8 Å². The number of amides is 2. The first-order chi connectivity index (χ1) is 14.0. The second kappa shape index (κ2) is 8.02. The molecule has 0 bridgehead atoms. The maximum atomic E-state index is 12.6. The summed E-state index contributed by atoms with van der Waals surface area (Å²) >= 11 is 1.20. The normalized spacial score (nSPS) is 18.8. The number of sulfone groups is 1. The number of rotatable bonds is 5. The molecule has 2 aliphatic rings. The van der Waals surface area contributed by atoms with Crippen LogP contribution >= 0.6 is 11.3 Å². The Kier molecular flexibility index (Phi) is 5.96. The summed E-state index contributed by atoms with van der Waals surface area (Å²) in [5.74, 6) is 9.39. The third-order valence-corrected chi connectivity index (χ3v) is 8.24. The molecule has 2 amide bonds. The molecule has 0 aromatic carbocycles. The minimum absolute atomic E-state index is 0.0321. The molecule has 2 aliphatic heterocycles. The average molecular weight is 453 g/mol. The van der Waals surface area contributed by atoms with Crippen molar-refractivity contribution in [2.24, 2.45) is 0 Å². The molecule has 3 rings (SSSR count). The Balaban J connectivity index is 1.66. The van der Waals surface area contributed by atoms with Crippen LogP contribution in [-0.2, 0) is 25.9 Å². The van der Waals surface area contributed by atoms with Gasteiger partial charge < -0.3 is 14.7 Å². The van der Waals surface area contributed by atoms with Crippen LogP contribution in [0.1, 0.15) is 33.5 Å². The van der Waals surface area contributed by atoms with Gasteiger partial charge in [-0.25, -0.2) is 13.9 Å². The van der Waals surface area contributed by atoms with Gasteiger partial charge in [-0.15, -0.1) is 11.3 Å². The summed E-state index contributed by atoms with van der Waals surface area (Å²) in [5.41, 5.74) is 1.03. The van der Waals surface area contributed by atoms with E-state index in [0.717, 1.165) is 11.8 Å². The van der Waals surface area contributed by atoms with Crippen LogP contribution in [0.15, 0.2) is 6.07 Å². The van der Waals surface area contributed by atoms with Crippen molar-refractivity contribution >= 4 is 33.0 Å². The number of nitrogens with zero attached hydrogens (tertiary/aromatic N) is 1. The molecule has 0 unspecified atom stereocenters. The number of ether oxygens (including phenoxy) is 1. The molecule has 1 aromatic heterocycles. The lowest BCUT2D eigenvalue weighted by Gasteiger charge is -2.30. The van der Waals surface area contributed by atoms with Gasteiger partial charge in [0.1, 0.15) is 0 Å². The van der Waals surface area contributed by atoms with E-state index in [1.807, 2.05) is 0 Å². The Bertz CT molecular complexity index is 1110. The fourth-order valence-corrected chi connectivity index (χ4v) is 4.77. The molecule has 9 nitrogen and oxygen atoms in total. The molecule has 1 fully saturated rings. The standard InChI is InChI=1S/C19H20N2O7S2/c1-18(17(23)20-25,30(2,26)27)7-8-21-10-13-9-14(29-15(13)16(21)22)5-3-4-6-19(24)11-28-12-19/h9,24-25H,7-8,10-12H2,1-2H3,(H,20,23)/t18-/m1/s1. The molecular weight excluding hydrogens is 432 g/mol. The highest BCUT2D eigenvalue weighted by molar-refractivity contribution is 7.92. The summed E-state index contributed by atoms with van der Waals surface area (Å²) in [4.78, 5) is 27.2. The van der Waals surface area contributed by atoms with E-state index in [1.54, 1.807) is 6.07 Å². The monoisotopic (exact) mass is 452 g/mol. The van der Waals surface area contributed by atoms with Crippen molar-refractivity contribution in [1.82, 2.24) is 10.4 Å². The van der Waals surface area contributed by atoms with Gasteiger partial charge in [0, 0.05) is 19.3 Å². The molecule has 30 heavy (non-hydrogen) atoms. The highest BCUT2D eigenvalue weighted by Gasteiger charge is 2.44. The third kappa shape index (κ3) is 4.21. The maximum absolute atomic E-state index is 12.6. The number of fused-ring (bicyclic) bond motifs is 1. The molecule has 1 atom stereocenters. The quantitative estimate of drug-likeness (QED) is 0.312. The Morgan fingerprint density at radius 3 is 2.67 bits per heavy atom. The van der Waals surface area contributed by atoms with Crippen molar-refractivity contribution in [1.29, 1.82) is 0 Å². The van der Waals surface area contributed by atoms with E-state index in [4.69, 9.17) is 9.94 Å².